The van der Waals surface area contributed by atoms with E-state index in [1.54, 1.807) is 13.8 Å². The van der Waals surface area contributed by atoms with Gasteiger partial charge in [-0.1, -0.05) is 33.1 Å². The zero-order valence-electron chi connectivity index (χ0n) is 23.7. The van der Waals surface area contributed by atoms with Crippen molar-refractivity contribution in [3.05, 3.63) is 0 Å². The lowest BCUT2D eigenvalue weighted by atomic mass is 9.83. The molecule has 0 heterocycles. The number of aliphatic hydroxyl groups is 1. The number of aliphatic hydroxyl groups excluding tert-OH is 1. The Hall–Kier alpha value is -2.77. The minimum absolute atomic E-state index is 0.0702. The van der Waals surface area contributed by atoms with Gasteiger partial charge in [-0.05, 0) is 51.5 Å². The first-order chi connectivity index (χ1) is 18.4. The number of guanidine groups is 1. The van der Waals surface area contributed by atoms with Crippen LogP contribution in [-0.4, -0.2) is 77.9 Å². The highest BCUT2D eigenvalue weighted by Gasteiger charge is 2.33. The van der Waals surface area contributed by atoms with Crippen molar-refractivity contribution >= 4 is 29.5 Å². The molecule has 224 valence electrons. The van der Waals surface area contributed by atoms with Crippen LogP contribution in [0.2, 0.25) is 0 Å². The van der Waals surface area contributed by atoms with Crippen molar-refractivity contribution in [2.75, 3.05) is 13.1 Å². The second kappa shape index (κ2) is 17.7. The highest BCUT2D eigenvalue weighted by Crippen LogP contribution is 2.26. The summed E-state index contributed by atoms with van der Waals surface area (Å²) in [6.07, 6.45) is 4.87. The minimum Gasteiger partial charge on any atom is -0.391 e. The number of aliphatic imine (C=N–C) groups is 1. The predicted octanol–water partition coefficient (Wildman–Crippen LogP) is -1.25. The lowest BCUT2D eigenvalue weighted by Crippen LogP contribution is -2.59. The van der Waals surface area contributed by atoms with Crippen LogP contribution in [0.1, 0.15) is 78.6 Å². The lowest BCUT2D eigenvalue weighted by Gasteiger charge is -2.28. The summed E-state index contributed by atoms with van der Waals surface area (Å²) in [5.74, 6) is -2.14. The number of hydrogen-bond donors (Lipinski definition) is 8. The van der Waals surface area contributed by atoms with E-state index in [2.05, 4.69) is 20.9 Å². The van der Waals surface area contributed by atoms with E-state index in [0.717, 1.165) is 25.7 Å². The molecule has 0 aromatic rings. The summed E-state index contributed by atoms with van der Waals surface area (Å²) in [4.78, 5) is 55.5. The molecular weight excluding hydrogens is 504 g/mol. The average molecular weight is 555 g/mol. The fourth-order valence-electron chi connectivity index (χ4n) is 4.74. The van der Waals surface area contributed by atoms with Crippen molar-refractivity contribution < 1.29 is 24.3 Å². The average Bonchev–Trinajstić information content (AvgIpc) is 2.88. The number of amides is 3. The summed E-state index contributed by atoms with van der Waals surface area (Å²) >= 11 is 0. The van der Waals surface area contributed by atoms with Gasteiger partial charge in [0.1, 0.15) is 12.1 Å². The highest BCUT2D eigenvalue weighted by atomic mass is 16.3. The van der Waals surface area contributed by atoms with Crippen molar-refractivity contribution in [2.45, 2.75) is 109 Å². The largest absolute Gasteiger partial charge is 0.391 e. The van der Waals surface area contributed by atoms with Gasteiger partial charge in [0.2, 0.25) is 17.7 Å². The summed E-state index contributed by atoms with van der Waals surface area (Å²) in [6, 6.07) is -3.54. The maximum Gasteiger partial charge on any atom is 0.245 e. The van der Waals surface area contributed by atoms with E-state index < -0.39 is 36.0 Å². The molecule has 0 aromatic carbocycles. The third-order valence-corrected chi connectivity index (χ3v) is 7.02. The van der Waals surface area contributed by atoms with Gasteiger partial charge in [0.05, 0.1) is 12.1 Å². The maximum absolute atomic E-state index is 13.2. The molecule has 1 aliphatic carbocycles. The Labute approximate surface area is 231 Å². The Kier molecular flexibility index (Phi) is 15.6. The Morgan fingerprint density at radius 1 is 0.923 bits per heavy atom. The Bertz CT molecular complexity index is 825. The third-order valence-electron chi connectivity index (χ3n) is 7.02. The van der Waals surface area contributed by atoms with Crippen molar-refractivity contribution in [3.63, 3.8) is 0 Å². The standard InChI is InChI=1S/C26H50N8O5/c1-15(2)23(37)19(11-12-27)33-25(39)22(16(3)35)34-24(38)20(10-7-13-31-26(29)30)32-21(36)14-18(28)17-8-5-4-6-9-17/h15-20,22,35H,4-14,27-28H2,1-3H3,(H,32,36)(H,33,39)(H,34,38)(H4,29,30,31)/t16?,18?,19-,20-,22-/m0/s1. The van der Waals surface area contributed by atoms with Crippen LogP contribution in [0.25, 0.3) is 0 Å². The summed E-state index contributed by atoms with van der Waals surface area (Å²) in [5, 5.41) is 18.1. The summed E-state index contributed by atoms with van der Waals surface area (Å²) < 4.78 is 0. The predicted molar refractivity (Wildman–Crippen MR) is 150 cm³/mol. The minimum atomic E-state index is -1.36. The van der Waals surface area contributed by atoms with Crippen LogP contribution < -0.4 is 38.9 Å². The number of carbonyl (C=O) groups excluding carboxylic acids is 4. The number of ketones is 1. The Morgan fingerprint density at radius 3 is 2.10 bits per heavy atom. The lowest BCUT2D eigenvalue weighted by molar-refractivity contribution is -0.136. The van der Waals surface area contributed by atoms with Crippen molar-refractivity contribution in [2.24, 2.45) is 39.8 Å². The molecule has 13 nitrogen and oxygen atoms in total. The van der Waals surface area contributed by atoms with Gasteiger partial charge >= 0.3 is 0 Å². The molecule has 0 saturated heterocycles. The second-order valence-electron chi connectivity index (χ2n) is 10.8. The Balaban J connectivity index is 2.95. The molecule has 0 spiro atoms. The molecule has 0 bridgehead atoms. The van der Waals surface area contributed by atoms with Crippen LogP contribution in [0, 0.1) is 11.8 Å². The second-order valence-corrected chi connectivity index (χ2v) is 10.8. The van der Waals surface area contributed by atoms with Crippen LogP contribution in [0.3, 0.4) is 0 Å². The first kappa shape index (κ1) is 34.3. The molecule has 1 fully saturated rings. The van der Waals surface area contributed by atoms with Crippen LogP contribution >= 0.6 is 0 Å². The van der Waals surface area contributed by atoms with Gasteiger partial charge in [-0.3, -0.25) is 24.2 Å². The number of nitrogens with zero attached hydrogens (tertiary/aromatic N) is 1. The first-order valence-corrected chi connectivity index (χ1v) is 14.0. The third kappa shape index (κ3) is 12.8. The maximum atomic E-state index is 13.2. The molecule has 1 saturated carbocycles. The summed E-state index contributed by atoms with van der Waals surface area (Å²) in [6.45, 7) is 5.18. The quantitative estimate of drug-likeness (QED) is 0.0607. The number of nitrogens with one attached hydrogen (secondary N) is 3. The fourth-order valence-corrected chi connectivity index (χ4v) is 4.74. The first-order valence-electron chi connectivity index (χ1n) is 14.0. The zero-order chi connectivity index (χ0) is 29.5. The van der Waals surface area contributed by atoms with E-state index in [-0.39, 0.29) is 67.9 Å². The molecule has 0 aromatic heterocycles. The molecule has 5 atom stereocenters. The molecule has 2 unspecified atom stereocenters. The van der Waals surface area contributed by atoms with Crippen LogP contribution in [0.15, 0.2) is 4.99 Å². The van der Waals surface area contributed by atoms with Gasteiger partial charge in [0.15, 0.2) is 11.7 Å². The van der Waals surface area contributed by atoms with Crippen LogP contribution in [-0.2, 0) is 19.2 Å². The number of nitrogens with two attached hydrogens (primary N) is 4. The molecule has 12 N–H and O–H groups in total. The SMILES string of the molecule is CC(C)C(=O)[C@H](CCN)NC(=O)[C@@H](NC(=O)[C@H](CCCN=C(N)N)NC(=O)CC(N)C1CCCCC1)C(C)O. The van der Waals surface area contributed by atoms with E-state index in [1.165, 1.54) is 13.3 Å². The number of rotatable bonds is 17. The molecule has 1 rings (SSSR count). The van der Waals surface area contributed by atoms with E-state index in [9.17, 15) is 24.3 Å². The molecule has 39 heavy (non-hydrogen) atoms. The molecular formula is C26H50N8O5. The smallest absolute Gasteiger partial charge is 0.245 e. The van der Waals surface area contributed by atoms with Crippen LogP contribution in [0.5, 0.6) is 0 Å². The normalized spacial score (nSPS) is 17.8. The van der Waals surface area contributed by atoms with Crippen molar-refractivity contribution in [1.82, 2.24) is 16.0 Å². The molecule has 1 aliphatic rings. The van der Waals surface area contributed by atoms with Gasteiger partial charge in [-0.15, -0.1) is 0 Å². The van der Waals surface area contributed by atoms with E-state index >= 15 is 0 Å². The van der Waals surface area contributed by atoms with Crippen LogP contribution in [0.4, 0.5) is 0 Å². The summed E-state index contributed by atoms with van der Waals surface area (Å²) in [7, 11) is 0. The van der Waals surface area contributed by atoms with Gasteiger partial charge in [0.25, 0.3) is 0 Å². The van der Waals surface area contributed by atoms with E-state index in [0.29, 0.717) is 6.42 Å². The fraction of sp³-hybridized carbons (Fsp3) is 0.808. The highest BCUT2D eigenvalue weighted by molar-refractivity contribution is 5.95. The van der Waals surface area contributed by atoms with Gasteiger partial charge < -0.3 is 44.0 Å². The summed E-state index contributed by atoms with van der Waals surface area (Å²) in [5.41, 5.74) is 22.7. The topological polar surface area (TPSA) is 241 Å². The molecule has 0 radical (unpaired) electrons. The van der Waals surface area contributed by atoms with E-state index in [1.807, 2.05) is 0 Å². The van der Waals surface area contributed by atoms with E-state index in [4.69, 9.17) is 22.9 Å². The van der Waals surface area contributed by atoms with Gasteiger partial charge in [0, 0.05) is 24.9 Å². The molecule has 0 aliphatic heterocycles. The molecule has 13 heteroatoms. The zero-order valence-corrected chi connectivity index (χ0v) is 23.7. The monoisotopic (exact) mass is 554 g/mol. The number of hydrogen-bond acceptors (Lipinski definition) is 8. The molecule has 3 amide bonds. The Morgan fingerprint density at radius 2 is 1.56 bits per heavy atom. The van der Waals surface area contributed by atoms with Crippen molar-refractivity contribution in [1.29, 1.82) is 0 Å². The van der Waals surface area contributed by atoms with Crippen molar-refractivity contribution in [3.8, 4) is 0 Å². The van der Waals surface area contributed by atoms with Gasteiger partial charge in [-0.2, -0.15) is 0 Å². The number of carbonyl (C=O) groups is 4. The van der Waals surface area contributed by atoms with Gasteiger partial charge in [-0.25, -0.2) is 0 Å². The number of Topliss-reactive ketones (excluding diaryl/α,β-unsaturated/α-hetero) is 1.